The molecule has 150 valence electrons. The highest BCUT2D eigenvalue weighted by Crippen LogP contribution is 2.26. The molecule has 1 aliphatic rings. The Morgan fingerprint density at radius 3 is 2.48 bits per heavy atom. The average molecular weight is 402 g/mol. The number of nitrogens with zero attached hydrogens (tertiary/aromatic N) is 2. The molecule has 3 aromatic heterocycles. The molecule has 0 aliphatic carbocycles. The molecule has 0 bridgehead atoms. The van der Waals surface area contributed by atoms with E-state index in [1.807, 2.05) is 43.5 Å². The molecule has 0 spiro atoms. The highest BCUT2D eigenvalue weighted by Gasteiger charge is 2.25. The van der Waals surface area contributed by atoms with E-state index in [2.05, 4.69) is 20.3 Å². The van der Waals surface area contributed by atoms with Crippen molar-refractivity contribution in [3.05, 3.63) is 59.7 Å². The number of aromatic nitrogens is 3. The van der Waals surface area contributed by atoms with Crippen LogP contribution in [-0.2, 0) is 11.2 Å². The fraction of sp³-hybridized carbons (Fsp3) is 0.200. The lowest BCUT2D eigenvalue weighted by Crippen LogP contribution is -2.31. The lowest BCUT2D eigenvalue weighted by Gasteiger charge is -2.10. The van der Waals surface area contributed by atoms with Gasteiger partial charge in [0.05, 0.1) is 11.3 Å². The number of aromatic amines is 1. The van der Waals surface area contributed by atoms with Crippen LogP contribution in [-0.4, -0.2) is 39.9 Å². The summed E-state index contributed by atoms with van der Waals surface area (Å²) in [5.74, 6) is -0.00855. The number of alkyl halides is 3. The zero-order valence-corrected chi connectivity index (χ0v) is 15.4. The molecule has 2 N–H and O–H groups in total. The molecule has 4 rings (SSSR count). The van der Waals surface area contributed by atoms with Gasteiger partial charge in [-0.1, -0.05) is 0 Å². The van der Waals surface area contributed by atoms with Crippen LogP contribution >= 0.6 is 0 Å². The third-order valence-corrected chi connectivity index (χ3v) is 4.22. The first-order chi connectivity index (χ1) is 13.8. The quantitative estimate of drug-likeness (QED) is 0.643. The van der Waals surface area contributed by atoms with Crippen LogP contribution in [0.15, 0.2) is 42.7 Å². The van der Waals surface area contributed by atoms with E-state index in [0.717, 1.165) is 45.9 Å². The van der Waals surface area contributed by atoms with Gasteiger partial charge in [0.15, 0.2) is 0 Å². The van der Waals surface area contributed by atoms with Crippen LogP contribution in [0.3, 0.4) is 0 Å². The Hall–Kier alpha value is -3.49. The van der Waals surface area contributed by atoms with Crippen molar-refractivity contribution in [1.82, 2.24) is 20.3 Å². The van der Waals surface area contributed by atoms with Crippen LogP contribution in [0, 0.1) is 6.92 Å². The number of amides is 1. The van der Waals surface area contributed by atoms with Crippen molar-refractivity contribution in [2.45, 2.75) is 19.5 Å². The molecule has 0 aromatic carbocycles. The van der Waals surface area contributed by atoms with Crippen molar-refractivity contribution in [2.24, 2.45) is 0 Å². The summed E-state index contributed by atoms with van der Waals surface area (Å²) in [6, 6.07) is 9.86. The first-order valence-corrected chi connectivity index (χ1v) is 8.69. The molecule has 0 saturated carbocycles. The number of fused-ring (bicyclic) bond motifs is 1. The Morgan fingerprint density at radius 1 is 1.10 bits per heavy atom. The third kappa shape index (κ3) is 5.07. The Morgan fingerprint density at radius 2 is 1.86 bits per heavy atom. The van der Waals surface area contributed by atoms with Crippen LogP contribution in [0.5, 0.6) is 0 Å². The number of aldehydes is 1. The van der Waals surface area contributed by atoms with E-state index in [4.69, 9.17) is 4.79 Å². The number of rotatable bonds is 2. The Labute approximate surface area is 164 Å². The van der Waals surface area contributed by atoms with Gasteiger partial charge in [-0.25, -0.2) is 0 Å². The van der Waals surface area contributed by atoms with Gasteiger partial charge in [-0.2, -0.15) is 13.2 Å². The fourth-order valence-electron chi connectivity index (χ4n) is 2.82. The van der Waals surface area contributed by atoms with Gasteiger partial charge < -0.3 is 10.3 Å². The molecule has 29 heavy (non-hydrogen) atoms. The van der Waals surface area contributed by atoms with Gasteiger partial charge >= 0.3 is 6.18 Å². The lowest BCUT2D eigenvalue weighted by atomic mass is 10.1. The van der Waals surface area contributed by atoms with Crippen molar-refractivity contribution in [3.8, 4) is 22.5 Å². The molecule has 0 radical (unpaired) electrons. The number of carbonyl (C=O) groups excluding carboxylic acids is 2. The Bertz CT molecular complexity index is 1030. The lowest BCUT2D eigenvalue weighted by molar-refractivity contribution is -0.156. The molecular weight excluding hydrogens is 385 g/mol. The molecule has 0 fully saturated rings. The minimum absolute atomic E-state index is 0.00855. The summed E-state index contributed by atoms with van der Waals surface area (Å²) < 4.78 is 31.2. The van der Waals surface area contributed by atoms with E-state index < -0.39 is 12.5 Å². The number of hydrogen-bond donors (Lipinski definition) is 2. The summed E-state index contributed by atoms with van der Waals surface area (Å²) in [6.07, 6.45) is -1.26. The SMILES string of the molecule is Cc1ccc(-c2cc(-c3cc4c([nH]3)CCNC4=O)ccn2)cn1.O=CC(F)(F)F. The maximum Gasteiger partial charge on any atom is 0.446 e. The monoisotopic (exact) mass is 402 g/mol. The van der Waals surface area contributed by atoms with E-state index in [1.165, 1.54) is 0 Å². The number of pyridine rings is 2. The number of H-pyrrole nitrogens is 1. The molecule has 6 nitrogen and oxygen atoms in total. The topological polar surface area (TPSA) is 87.7 Å². The first-order valence-electron chi connectivity index (χ1n) is 8.69. The molecule has 0 atom stereocenters. The predicted octanol–water partition coefficient (Wildman–Crippen LogP) is 3.48. The fourth-order valence-corrected chi connectivity index (χ4v) is 2.82. The van der Waals surface area contributed by atoms with Gasteiger partial charge in [-0.05, 0) is 37.3 Å². The van der Waals surface area contributed by atoms with Gasteiger partial charge in [0.2, 0.25) is 6.29 Å². The molecule has 1 amide bonds. The minimum atomic E-state index is -4.64. The van der Waals surface area contributed by atoms with Crippen LogP contribution in [0.4, 0.5) is 13.2 Å². The second-order valence-electron chi connectivity index (χ2n) is 6.36. The number of aryl methyl sites for hydroxylation is 1. The van der Waals surface area contributed by atoms with E-state index in [0.29, 0.717) is 6.54 Å². The van der Waals surface area contributed by atoms with Crippen LogP contribution in [0.1, 0.15) is 21.7 Å². The van der Waals surface area contributed by atoms with Crippen LogP contribution < -0.4 is 5.32 Å². The smallest absolute Gasteiger partial charge is 0.358 e. The van der Waals surface area contributed by atoms with E-state index >= 15 is 0 Å². The summed E-state index contributed by atoms with van der Waals surface area (Å²) in [5, 5.41) is 2.87. The molecule has 1 aliphatic heterocycles. The molecule has 3 aromatic rings. The van der Waals surface area contributed by atoms with Gasteiger partial charge in [-0.15, -0.1) is 0 Å². The molecule has 4 heterocycles. The summed E-state index contributed by atoms with van der Waals surface area (Å²) in [7, 11) is 0. The first kappa shape index (κ1) is 20.2. The second kappa shape index (κ2) is 8.26. The Kier molecular flexibility index (Phi) is 5.76. The van der Waals surface area contributed by atoms with Crippen molar-refractivity contribution in [3.63, 3.8) is 0 Å². The summed E-state index contributed by atoms with van der Waals surface area (Å²) >= 11 is 0. The highest BCUT2D eigenvalue weighted by molar-refractivity contribution is 5.97. The van der Waals surface area contributed by atoms with Crippen molar-refractivity contribution >= 4 is 12.2 Å². The molecule has 0 unspecified atom stereocenters. The number of nitrogens with one attached hydrogen (secondary N) is 2. The molecule has 9 heteroatoms. The summed E-state index contributed by atoms with van der Waals surface area (Å²) in [4.78, 5) is 32.7. The van der Waals surface area contributed by atoms with Crippen molar-refractivity contribution in [1.29, 1.82) is 0 Å². The van der Waals surface area contributed by atoms with Gasteiger partial charge in [0.25, 0.3) is 5.91 Å². The van der Waals surface area contributed by atoms with Crippen molar-refractivity contribution in [2.75, 3.05) is 6.54 Å². The van der Waals surface area contributed by atoms with E-state index in [1.54, 1.807) is 6.20 Å². The number of halogens is 3. The number of carbonyl (C=O) groups is 2. The van der Waals surface area contributed by atoms with Crippen LogP contribution in [0.2, 0.25) is 0 Å². The summed E-state index contributed by atoms with van der Waals surface area (Å²) in [5.41, 5.74) is 6.51. The third-order valence-electron chi connectivity index (χ3n) is 4.22. The zero-order chi connectivity index (χ0) is 21.0. The molecular formula is C20H17F3N4O2. The summed E-state index contributed by atoms with van der Waals surface area (Å²) in [6.45, 7) is 2.64. The van der Waals surface area contributed by atoms with Crippen LogP contribution in [0.25, 0.3) is 22.5 Å². The Balaban J connectivity index is 0.000000353. The average Bonchev–Trinajstić information content (AvgIpc) is 3.14. The predicted molar refractivity (Wildman–Crippen MR) is 100 cm³/mol. The van der Waals surface area contributed by atoms with E-state index in [-0.39, 0.29) is 5.91 Å². The maximum absolute atomic E-state index is 11.9. The van der Waals surface area contributed by atoms with E-state index in [9.17, 15) is 18.0 Å². The van der Waals surface area contributed by atoms with Gasteiger partial charge in [0, 0.05) is 53.6 Å². The zero-order valence-electron chi connectivity index (χ0n) is 15.4. The minimum Gasteiger partial charge on any atom is -0.358 e. The number of hydrogen-bond acceptors (Lipinski definition) is 4. The highest BCUT2D eigenvalue weighted by atomic mass is 19.4. The van der Waals surface area contributed by atoms with Gasteiger partial charge in [-0.3, -0.25) is 19.6 Å². The standard InChI is InChI=1S/C18H16N4O.C2HF3O/c1-11-2-3-13(10-21-11)16-8-12(4-6-19-16)17-9-14-15(22-17)5-7-20-18(14)23;3-2(4,5)1-6/h2-4,6,8-10,22H,5,7H2,1H3,(H,20,23);1H. The largest absolute Gasteiger partial charge is 0.446 e. The molecule has 0 saturated heterocycles. The van der Waals surface area contributed by atoms with Crippen molar-refractivity contribution < 1.29 is 22.8 Å². The normalized spacial score (nSPS) is 13.0. The maximum atomic E-state index is 11.9. The second-order valence-corrected chi connectivity index (χ2v) is 6.36. The van der Waals surface area contributed by atoms with Gasteiger partial charge in [0.1, 0.15) is 0 Å².